The monoisotopic (exact) mass is 372 g/mol. The molecule has 1 aromatic carbocycles. The molecule has 21 heavy (non-hydrogen) atoms. The van der Waals surface area contributed by atoms with Crippen molar-refractivity contribution in [3.63, 3.8) is 0 Å². The highest BCUT2D eigenvalue weighted by atomic mass is 79.9. The molecule has 0 saturated carbocycles. The zero-order valence-corrected chi connectivity index (χ0v) is 15.2. The average molecular weight is 373 g/mol. The summed E-state index contributed by atoms with van der Waals surface area (Å²) in [6.07, 6.45) is -0.00698. The first-order chi connectivity index (χ1) is 9.88. The lowest BCUT2D eigenvalue weighted by atomic mass is 10.2. The molecule has 6 heteroatoms. The Morgan fingerprint density at radius 3 is 2.52 bits per heavy atom. The van der Waals surface area contributed by atoms with Crippen molar-refractivity contribution >= 4 is 39.2 Å². The molecule has 0 spiro atoms. The molecule has 0 bridgehead atoms. The van der Waals surface area contributed by atoms with Gasteiger partial charge in [0.05, 0.1) is 11.7 Å². The van der Waals surface area contributed by atoms with Crippen LogP contribution in [0.1, 0.15) is 38.1 Å². The molecule has 0 unspecified atom stereocenters. The molecule has 0 aliphatic carbocycles. The van der Waals surface area contributed by atoms with Crippen molar-refractivity contribution in [1.82, 2.24) is 10.2 Å². The van der Waals surface area contributed by atoms with Gasteiger partial charge in [0.1, 0.15) is 5.75 Å². The van der Waals surface area contributed by atoms with Gasteiger partial charge in [-0.1, -0.05) is 15.9 Å². The largest absolute Gasteiger partial charge is 0.490 e. The number of halogens is 1. The fraction of sp³-hybridized carbons (Fsp3) is 0.467. The lowest BCUT2D eigenvalue weighted by molar-refractivity contribution is 0.0967. The maximum atomic E-state index is 12.4. The summed E-state index contributed by atoms with van der Waals surface area (Å²) in [6.45, 7) is 9.34. The summed E-state index contributed by atoms with van der Waals surface area (Å²) in [4.78, 5) is 14.3. The second kappa shape index (κ2) is 8.34. The lowest BCUT2D eigenvalue weighted by Gasteiger charge is -2.22. The molecular weight excluding hydrogens is 352 g/mol. The molecule has 1 amide bonds. The number of hydrogen-bond acceptors (Lipinski definition) is 3. The Kier molecular flexibility index (Phi) is 7.11. The van der Waals surface area contributed by atoms with Crippen molar-refractivity contribution in [1.29, 1.82) is 0 Å². The first-order valence-corrected chi connectivity index (χ1v) is 8.15. The van der Waals surface area contributed by atoms with E-state index in [0.717, 1.165) is 17.6 Å². The van der Waals surface area contributed by atoms with Gasteiger partial charge in [-0.2, -0.15) is 0 Å². The molecule has 0 fully saturated rings. The van der Waals surface area contributed by atoms with E-state index in [2.05, 4.69) is 21.2 Å². The predicted molar refractivity (Wildman–Crippen MR) is 92.9 cm³/mol. The topological polar surface area (TPSA) is 41.6 Å². The van der Waals surface area contributed by atoms with E-state index >= 15 is 0 Å². The van der Waals surface area contributed by atoms with Crippen molar-refractivity contribution in [2.75, 3.05) is 13.1 Å². The van der Waals surface area contributed by atoms with Crippen LogP contribution in [0.4, 0.5) is 0 Å². The van der Waals surface area contributed by atoms with Gasteiger partial charge in [0.25, 0.3) is 5.91 Å². The Hall–Kier alpha value is -1.14. The van der Waals surface area contributed by atoms with Gasteiger partial charge >= 0.3 is 0 Å². The van der Waals surface area contributed by atoms with Crippen molar-refractivity contribution in [3.8, 4) is 5.75 Å². The van der Waals surface area contributed by atoms with Crippen LogP contribution >= 0.6 is 28.1 Å². The second-order valence-corrected chi connectivity index (χ2v) is 6.04. The van der Waals surface area contributed by atoms with Gasteiger partial charge in [-0.05, 0) is 58.1 Å². The highest BCUT2D eigenvalue weighted by Gasteiger charge is 2.17. The molecule has 0 aromatic heterocycles. The standard InChI is InChI=1S/C15H21BrN2O2S/c1-5-18(6-2)15(21)17-14(19)12-9-11(16)7-8-13(12)20-10(3)4/h7-10H,5-6H2,1-4H3,(H,17,19,21). The third kappa shape index (κ3) is 5.28. The molecule has 1 rings (SSSR count). The Bertz CT molecular complexity index is 516. The van der Waals surface area contributed by atoms with Crippen molar-refractivity contribution in [2.24, 2.45) is 0 Å². The number of nitrogens with one attached hydrogen (secondary N) is 1. The summed E-state index contributed by atoms with van der Waals surface area (Å²) in [5.41, 5.74) is 0.465. The molecule has 0 saturated heterocycles. The van der Waals surface area contributed by atoms with Gasteiger partial charge in [-0.25, -0.2) is 0 Å². The van der Waals surface area contributed by atoms with Crippen LogP contribution in [0.15, 0.2) is 22.7 Å². The SMILES string of the molecule is CCN(CC)C(=S)NC(=O)c1cc(Br)ccc1OC(C)C. The average Bonchev–Trinajstić information content (AvgIpc) is 2.41. The van der Waals surface area contributed by atoms with Crippen molar-refractivity contribution < 1.29 is 9.53 Å². The van der Waals surface area contributed by atoms with E-state index in [1.54, 1.807) is 12.1 Å². The maximum Gasteiger partial charge on any atom is 0.261 e. The number of rotatable bonds is 5. The number of hydrogen-bond donors (Lipinski definition) is 1. The Morgan fingerprint density at radius 2 is 2.00 bits per heavy atom. The van der Waals surface area contributed by atoms with Crippen LogP contribution in [0.25, 0.3) is 0 Å². The van der Waals surface area contributed by atoms with Crippen molar-refractivity contribution in [3.05, 3.63) is 28.2 Å². The van der Waals surface area contributed by atoms with E-state index in [1.165, 1.54) is 0 Å². The van der Waals surface area contributed by atoms with Crippen molar-refractivity contribution in [2.45, 2.75) is 33.8 Å². The molecule has 0 aliphatic rings. The summed E-state index contributed by atoms with van der Waals surface area (Å²) in [7, 11) is 0. The molecule has 0 aliphatic heterocycles. The van der Waals surface area contributed by atoms with Gasteiger partial charge < -0.3 is 9.64 Å². The summed E-state index contributed by atoms with van der Waals surface area (Å²) >= 11 is 8.63. The minimum Gasteiger partial charge on any atom is -0.490 e. The van der Waals surface area contributed by atoms with Gasteiger partial charge in [0.15, 0.2) is 5.11 Å². The van der Waals surface area contributed by atoms with Crippen LogP contribution in [-0.2, 0) is 0 Å². The number of amides is 1. The molecule has 116 valence electrons. The summed E-state index contributed by atoms with van der Waals surface area (Å²) in [5.74, 6) is 0.289. The van der Waals surface area contributed by atoms with E-state index in [9.17, 15) is 4.79 Å². The second-order valence-electron chi connectivity index (χ2n) is 4.74. The third-order valence-corrected chi connectivity index (χ3v) is 3.67. The molecule has 4 nitrogen and oxygen atoms in total. The fourth-order valence-corrected chi connectivity index (χ4v) is 2.50. The number of nitrogens with zero attached hydrogens (tertiary/aromatic N) is 1. The lowest BCUT2D eigenvalue weighted by Crippen LogP contribution is -2.42. The van der Waals surface area contributed by atoms with Crippen LogP contribution in [0.3, 0.4) is 0 Å². The van der Waals surface area contributed by atoms with Gasteiger partial charge in [-0.3, -0.25) is 10.1 Å². The van der Waals surface area contributed by atoms with Crippen LogP contribution in [-0.4, -0.2) is 35.1 Å². The molecule has 1 aromatic rings. The van der Waals surface area contributed by atoms with Crippen LogP contribution in [0.5, 0.6) is 5.75 Å². The Labute approximate surface area is 140 Å². The maximum absolute atomic E-state index is 12.4. The Balaban J connectivity index is 2.95. The van der Waals surface area contributed by atoms with E-state index in [0.29, 0.717) is 16.4 Å². The molecule has 0 atom stereocenters. The van der Waals surface area contributed by atoms with Crippen LogP contribution in [0.2, 0.25) is 0 Å². The highest BCUT2D eigenvalue weighted by molar-refractivity contribution is 9.10. The first-order valence-electron chi connectivity index (χ1n) is 6.95. The number of carbonyl (C=O) groups is 1. The minimum absolute atomic E-state index is 0.00698. The smallest absolute Gasteiger partial charge is 0.261 e. The first kappa shape index (κ1) is 17.9. The van der Waals surface area contributed by atoms with Crippen LogP contribution < -0.4 is 10.1 Å². The molecule has 1 N–H and O–H groups in total. The van der Waals surface area contributed by atoms with E-state index in [-0.39, 0.29) is 12.0 Å². The molecule has 0 radical (unpaired) electrons. The third-order valence-electron chi connectivity index (χ3n) is 2.82. The van der Waals surface area contributed by atoms with E-state index in [4.69, 9.17) is 17.0 Å². The summed E-state index contributed by atoms with van der Waals surface area (Å²) < 4.78 is 6.49. The van der Waals surface area contributed by atoms with Crippen LogP contribution in [0, 0.1) is 0 Å². The number of thiocarbonyl (C=S) groups is 1. The zero-order chi connectivity index (χ0) is 16.0. The van der Waals surface area contributed by atoms with Gasteiger partial charge in [0, 0.05) is 17.6 Å². The molecular formula is C15H21BrN2O2S. The quantitative estimate of drug-likeness (QED) is 0.801. The fourth-order valence-electron chi connectivity index (χ4n) is 1.79. The van der Waals surface area contributed by atoms with E-state index < -0.39 is 0 Å². The molecule has 0 heterocycles. The summed E-state index contributed by atoms with van der Waals surface area (Å²) in [5, 5.41) is 3.19. The number of carbonyl (C=O) groups excluding carboxylic acids is 1. The number of ether oxygens (including phenoxy) is 1. The zero-order valence-electron chi connectivity index (χ0n) is 12.8. The predicted octanol–water partition coefficient (Wildman–Crippen LogP) is 3.59. The van der Waals surface area contributed by atoms with Gasteiger partial charge in [-0.15, -0.1) is 0 Å². The van der Waals surface area contributed by atoms with E-state index in [1.807, 2.05) is 38.7 Å². The highest BCUT2D eigenvalue weighted by Crippen LogP contribution is 2.24. The Morgan fingerprint density at radius 1 is 1.38 bits per heavy atom. The van der Waals surface area contributed by atoms with Gasteiger partial charge in [0.2, 0.25) is 0 Å². The summed E-state index contributed by atoms with van der Waals surface area (Å²) in [6, 6.07) is 5.36. The minimum atomic E-state index is -0.260. The normalized spacial score (nSPS) is 10.4. The number of benzene rings is 1.